The normalized spacial score (nSPS) is 13.6. The minimum Gasteiger partial charge on any atom is -0.458 e. The standard InChI is InChI=1S/C18H26BrNO5/c1-18(2,3)25-16(22)15(10-9-14(21)11-19)20-17(23)24-12-13-7-5-4-6-8-13/h4-8,14-15,21H,9-12H2,1-3H3,(H,20,23)/t14-,15+/m1/s1. The molecule has 25 heavy (non-hydrogen) atoms. The molecule has 0 heterocycles. The highest BCUT2D eigenvalue weighted by molar-refractivity contribution is 9.09. The summed E-state index contributed by atoms with van der Waals surface area (Å²) in [6.45, 7) is 5.37. The number of alkyl halides is 1. The molecule has 0 bridgehead atoms. The number of carbonyl (C=O) groups is 2. The monoisotopic (exact) mass is 415 g/mol. The molecule has 1 aromatic rings. The second-order valence-corrected chi connectivity index (χ2v) is 7.33. The summed E-state index contributed by atoms with van der Waals surface area (Å²) in [5.74, 6) is -0.550. The number of aliphatic hydroxyl groups is 1. The average molecular weight is 416 g/mol. The summed E-state index contributed by atoms with van der Waals surface area (Å²) in [7, 11) is 0. The van der Waals surface area contributed by atoms with Gasteiger partial charge in [0.1, 0.15) is 18.2 Å². The number of hydrogen-bond acceptors (Lipinski definition) is 5. The van der Waals surface area contributed by atoms with Gasteiger partial charge in [0.2, 0.25) is 0 Å². The van der Waals surface area contributed by atoms with E-state index in [9.17, 15) is 14.7 Å². The number of rotatable bonds is 8. The highest BCUT2D eigenvalue weighted by Crippen LogP contribution is 2.12. The largest absolute Gasteiger partial charge is 0.458 e. The molecule has 0 radical (unpaired) electrons. The smallest absolute Gasteiger partial charge is 0.408 e. The van der Waals surface area contributed by atoms with E-state index in [0.29, 0.717) is 11.8 Å². The minimum atomic E-state index is -0.879. The van der Waals surface area contributed by atoms with Gasteiger partial charge in [0, 0.05) is 5.33 Å². The van der Waals surface area contributed by atoms with Crippen LogP contribution in [0.1, 0.15) is 39.2 Å². The maximum Gasteiger partial charge on any atom is 0.408 e. The molecular weight excluding hydrogens is 390 g/mol. The van der Waals surface area contributed by atoms with E-state index in [4.69, 9.17) is 9.47 Å². The van der Waals surface area contributed by atoms with Crippen molar-refractivity contribution in [3.8, 4) is 0 Å². The number of carbonyl (C=O) groups excluding carboxylic acids is 2. The predicted octanol–water partition coefficient (Wildman–Crippen LogP) is 3.16. The van der Waals surface area contributed by atoms with Gasteiger partial charge in [0.15, 0.2) is 0 Å². The van der Waals surface area contributed by atoms with Crippen molar-refractivity contribution < 1.29 is 24.2 Å². The first-order valence-electron chi connectivity index (χ1n) is 8.15. The predicted molar refractivity (Wildman–Crippen MR) is 98.4 cm³/mol. The van der Waals surface area contributed by atoms with Crippen molar-refractivity contribution in [3.63, 3.8) is 0 Å². The number of benzene rings is 1. The molecule has 0 aliphatic rings. The first kappa shape index (κ1) is 21.4. The van der Waals surface area contributed by atoms with E-state index in [1.54, 1.807) is 20.8 Å². The summed E-state index contributed by atoms with van der Waals surface area (Å²) in [5, 5.41) is 12.6. The van der Waals surface area contributed by atoms with E-state index in [-0.39, 0.29) is 13.0 Å². The molecule has 7 heteroatoms. The van der Waals surface area contributed by atoms with Crippen molar-refractivity contribution in [3.05, 3.63) is 35.9 Å². The Balaban J connectivity index is 2.60. The molecule has 1 rings (SSSR count). The Hall–Kier alpha value is -1.60. The maximum absolute atomic E-state index is 12.3. The van der Waals surface area contributed by atoms with Crippen LogP contribution in [0.15, 0.2) is 30.3 Å². The van der Waals surface area contributed by atoms with Crippen LogP contribution >= 0.6 is 15.9 Å². The molecule has 0 aliphatic heterocycles. The Morgan fingerprint density at radius 3 is 2.40 bits per heavy atom. The van der Waals surface area contributed by atoms with Crippen molar-refractivity contribution in [2.45, 2.75) is 58.0 Å². The molecule has 0 aliphatic carbocycles. The maximum atomic E-state index is 12.3. The van der Waals surface area contributed by atoms with Crippen LogP contribution in [0.4, 0.5) is 4.79 Å². The molecule has 0 spiro atoms. The Kier molecular flexibility index (Phi) is 8.92. The first-order chi connectivity index (χ1) is 11.7. The quantitative estimate of drug-likeness (QED) is 0.503. The Morgan fingerprint density at radius 2 is 1.84 bits per heavy atom. The molecule has 0 saturated heterocycles. The van der Waals surface area contributed by atoms with E-state index in [1.807, 2.05) is 30.3 Å². The van der Waals surface area contributed by atoms with Crippen LogP contribution < -0.4 is 5.32 Å². The fourth-order valence-corrected chi connectivity index (χ4v) is 2.29. The first-order valence-corrected chi connectivity index (χ1v) is 9.27. The zero-order valence-corrected chi connectivity index (χ0v) is 16.4. The van der Waals surface area contributed by atoms with Gasteiger partial charge in [-0.25, -0.2) is 9.59 Å². The average Bonchev–Trinajstić information content (AvgIpc) is 2.55. The summed E-state index contributed by atoms with van der Waals surface area (Å²) in [6, 6.07) is 8.37. The lowest BCUT2D eigenvalue weighted by Crippen LogP contribution is -2.44. The third-order valence-electron chi connectivity index (χ3n) is 3.16. The number of halogens is 1. The summed E-state index contributed by atoms with van der Waals surface area (Å²) in [6.07, 6.45) is -0.712. The minimum absolute atomic E-state index is 0.109. The van der Waals surface area contributed by atoms with Crippen molar-refractivity contribution >= 4 is 28.0 Å². The number of alkyl carbamates (subject to hydrolysis) is 1. The lowest BCUT2D eigenvalue weighted by molar-refractivity contribution is -0.157. The molecule has 6 nitrogen and oxygen atoms in total. The van der Waals surface area contributed by atoms with Gasteiger partial charge in [-0.05, 0) is 39.2 Å². The molecule has 2 N–H and O–H groups in total. The summed E-state index contributed by atoms with van der Waals surface area (Å²) in [4.78, 5) is 24.3. The van der Waals surface area contributed by atoms with E-state index in [1.165, 1.54) is 0 Å². The summed E-state index contributed by atoms with van der Waals surface area (Å²) < 4.78 is 10.5. The molecule has 0 unspecified atom stereocenters. The second-order valence-electron chi connectivity index (χ2n) is 6.68. The van der Waals surface area contributed by atoms with Crippen molar-refractivity contribution in [2.75, 3.05) is 5.33 Å². The van der Waals surface area contributed by atoms with Gasteiger partial charge in [0.05, 0.1) is 6.10 Å². The lowest BCUT2D eigenvalue weighted by atomic mass is 10.1. The number of hydrogen-bond donors (Lipinski definition) is 2. The third kappa shape index (κ3) is 9.45. The highest BCUT2D eigenvalue weighted by atomic mass is 79.9. The molecule has 2 atom stereocenters. The fourth-order valence-electron chi connectivity index (χ4n) is 1.97. The molecule has 0 fully saturated rings. The van der Waals surface area contributed by atoms with Crippen LogP contribution in [-0.2, 0) is 20.9 Å². The van der Waals surface area contributed by atoms with Gasteiger partial charge in [-0.3, -0.25) is 0 Å². The summed E-state index contributed by atoms with van der Waals surface area (Å²) in [5.41, 5.74) is 0.181. The molecule has 1 aromatic carbocycles. The van der Waals surface area contributed by atoms with Gasteiger partial charge in [0.25, 0.3) is 0 Å². The lowest BCUT2D eigenvalue weighted by Gasteiger charge is -2.24. The van der Waals surface area contributed by atoms with E-state index in [0.717, 1.165) is 5.56 Å². The Morgan fingerprint density at radius 1 is 1.20 bits per heavy atom. The molecule has 0 saturated carbocycles. The summed E-state index contributed by atoms with van der Waals surface area (Å²) >= 11 is 3.17. The van der Waals surface area contributed by atoms with E-state index >= 15 is 0 Å². The van der Waals surface area contributed by atoms with Crippen molar-refractivity contribution in [1.82, 2.24) is 5.32 Å². The van der Waals surface area contributed by atoms with Gasteiger partial charge in [-0.1, -0.05) is 46.3 Å². The zero-order chi connectivity index (χ0) is 18.9. The van der Waals surface area contributed by atoms with Crippen LogP contribution in [-0.4, -0.2) is 40.2 Å². The third-order valence-corrected chi connectivity index (χ3v) is 3.91. The van der Waals surface area contributed by atoms with Crippen molar-refractivity contribution in [1.29, 1.82) is 0 Å². The van der Waals surface area contributed by atoms with Crippen molar-refractivity contribution in [2.24, 2.45) is 0 Å². The van der Waals surface area contributed by atoms with E-state index < -0.39 is 29.8 Å². The van der Waals surface area contributed by atoms with Crippen LogP contribution in [0, 0.1) is 0 Å². The Labute approximate surface area is 157 Å². The van der Waals surface area contributed by atoms with Gasteiger partial charge in [-0.15, -0.1) is 0 Å². The molecule has 140 valence electrons. The number of nitrogens with one attached hydrogen (secondary N) is 1. The van der Waals surface area contributed by atoms with Gasteiger partial charge >= 0.3 is 12.1 Å². The second kappa shape index (κ2) is 10.4. The Bertz CT molecular complexity index is 544. The highest BCUT2D eigenvalue weighted by Gasteiger charge is 2.27. The van der Waals surface area contributed by atoms with Gasteiger partial charge in [-0.2, -0.15) is 0 Å². The van der Waals surface area contributed by atoms with Crippen LogP contribution in [0.3, 0.4) is 0 Å². The number of ether oxygens (including phenoxy) is 2. The van der Waals surface area contributed by atoms with Crippen LogP contribution in [0.25, 0.3) is 0 Å². The zero-order valence-electron chi connectivity index (χ0n) is 14.8. The number of esters is 1. The number of aliphatic hydroxyl groups excluding tert-OH is 1. The topological polar surface area (TPSA) is 84.9 Å². The number of amides is 1. The van der Waals surface area contributed by atoms with E-state index in [2.05, 4.69) is 21.2 Å². The van der Waals surface area contributed by atoms with Crippen LogP contribution in [0.5, 0.6) is 0 Å². The molecule has 0 aromatic heterocycles. The fraction of sp³-hybridized carbons (Fsp3) is 0.556. The molecule has 1 amide bonds. The van der Waals surface area contributed by atoms with Crippen LogP contribution in [0.2, 0.25) is 0 Å². The SMILES string of the molecule is CC(C)(C)OC(=O)[C@H](CC[C@@H](O)CBr)NC(=O)OCc1ccccc1. The van der Waals surface area contributed by atoms with Gasteiger partial charge < -0.3 is 19.9 Å². The molecular formula is C18H26BrNO5.